The molecule has 1 aromatic rings. The molecule has 18 heavy (non-hydrogen) atoms. The molecule has 0 spiro atoms. The Kier molecular flexibility index (Phi) is 3.50. The number of hydrogen-bond acceptors (Lipinski definition) is 2. The van der Waals surface area contributed by atoms with Crippen LogP contribution in [0.5, 0.6) is 0 Å². The summed E-state index contributed by atoms with van der Waals surface area (Å²) in [5.41, 5.74) is 0.997. The van der Waals surface area contributed by atoms with Crippen molar-refractivity contribution in [3.63, 3.8) is 0 Å². The van der Waals surface area contributed by atoms with E-state index in [1.165, 1.54) is 25.7 Å². The third kappa shape index (κ3) is 2.03. The first kappa shape index (κ1) is 12.7. The first-order valence-electron chi connectivity index (χ1n) is 7.13. The average Bonchev–Trinajstić information content (AvgIpc) is 3.00. The Balaban J connectivity index is 1.80. The third-order valence-corrected chi connectivity index (χ3v) is 5.25. The summed E-state index contributed by atoms with van der Waals surface area (Å²) in [4.78, 5) is 0. The van der Waals surface area contributed by atoms with Crippen molar-refractivity contribution < 1.29 is 5.11 Å². The monoisotopic (exact) mass is 312 g/mol. The Bertz CT molecular complexity index is 419. The molecule has 2 fully saturated rings. The summed E-state index contributed by atoms with van der Waals surface area (Å²) in [5, 5.41) is 15.0. The molecule has 2 aliphatic carbocycles. The van der Waals surface area contributed by atoms with Gasteiger partial charge >= 0.3 is 0 Å². The van der Waals surface area contributed by atoms with E-state index in [9.17, 15) is 5.11 Å². The van der Waals surface area contributed by atoms with Crippen LogP contribution in [0.4, 0.5) is 0 Å². The van der Waals surface area contributed by atoms with Gasteiger partial charge in [0.25, 0.3) is 0 Å². The molecule has 3 unspecified atom stereocenters. The maximum absolute atomic E-state index is 10.7. The van der Waals surface area contributed by atoms with Crippen molar-refractivity contribution >= 4 is 15.9 Å². The quantitative estimate of drug-likeness (QED) is 0.923. The van der Waals surface area contributed by atoms with E-state index in [1.54, 1.807) is 0 Å². The smallest absolute Gasteiger partial charge is 0.100 e. The topological polar surface area (TPSA) is 38.0 Å². The Morgan fingerprint density at radius 3 is 2.72 bits per heavy atom. The van der Waals surface area contributed by atoms with Gasteiger partial charge in [-0.05, 0) is 52.9 Å². The molecule has 0 aliphatic heterocycles. The van der Waals surface area contributed by atoms with Crippen LogP contribution in [-0.2, 0) is 6.54 Å². The second-order valence-corrected chi connectivity index (χ2v) is 6.59. The van der Waals surface area contributed by atoms with Gasteiger partial charge in [-0.15, -0.1) is 0 Å². The van der Waals surface area contributed by atoms with Gasteiger partial charge in [-0.3, -0.25) is 4.68 Å². The summed E-state index contributed by atoms with van der Waals surface area (Å²) in [6.45, 7) is 3.03. The van der Waals surface area contributed by atoms with E-state index in [1.807, 2.05) is 10.9 Å². The Morgan fingerprint density at radius 2 is 2.11 bits per heavy atom. The maximum atomic E-state index is 10.7. The van der Waals surface area contributed by atoms with Crippen molar-refractivity contribution in [3.05, 3.63) is 16.4 Å². The number of aromatic nitrogens is 2. The maximum Gasteiger partial charge on any atom is 0.100 e. The number of halogens is 1. The third-order valence-electron chi connectivity index (χ3n) is 4.64. The Labute approximate surface area is 117 Å². The number of hydrogen-bond donors (Lipinski definition) is 1. The predicted octanol–water partition coefficient (Wildman–Crippen LogP) is 3.53. The molecule has 0 saturated heterocycles. The molecule has 1 N–H and O–H groups in total. The van der Waals surface area contributed by atoms with E-state index >= 15 is 0 Å². The van der Waals surface area contributed by atoms with Crippen molar-refractivity contribution in [1.82, 2.24) is 9.78 Å². The van der Waals surface area contributed by atoms with Gasteiger partial charge < -0.3 is 5.11 Å². The molecule has 2 saturated carbocycles. The normalized spacial score (nSPS) is 32.1. The number of aliphatic hydroxyl groups is 1. The number of aliphatic hydroxyl groups excluding tert-OH is 1. The van der Waals surface area contributed by atoms with Crippen molar-refractivity contribution in [2.24, 2.45) is 17.8 Å². The zero-order valence-corrected chi connectivity index (χ0v) is 12.4. The van der Waals surface area contributed by atoms with Crippen molar-refractivity contribution in [2.75, 3.05) is 0 Å². The van der Waals surface area contributed by atoms with Gasteiger partial charge in [0.05, 0.1) is 16.4 Å². The highest BCUT2D eigenvalue weighted by Gasteiger charge is 2.55. The second kappa shape index (κ2) is 4.97. The van der Waals surface area contributed by atoms with Gasteiger partial charge in [-0.25, -0.2) is 0 Å². The highest BCUT2D eigenvalue weighted by atomic mass is 79.9. The SMILES string of the molecule is CCCn1ncc(Br)c1C(O)C1C2CCCCC21. The molecule has 1 heterocycles. The highest BCUT2D eigenvalue weighted by Crippen LogP contribution is 2.60. The summed E-state index contributed by atoms with van der Waals surface area (Å²) in [7, 11) is 0. The van der Waals surface area contributed by atoms with E-state index < -0.39 is 0 Å². The first-order valence-corrected chi connectivity index (χ1v) is 7.92. The minimum atomic E-state index is -0.332. The number of nitrogens with zero attached hydrogens (tertiary/aromatic N) is 2. The zero-order valence-electron chi connectivity index (χ0n) is 10.8. The van der Waals surface area contributed by atoms with E-state index in [-0.39, 0.29) is 6.10 Å². The lowest BCUT2D eigenvalue weighted by molar-refractivity contribution is 0.130. The van der Waals surface area contributed by atoms with Gasteiger partial charge in [0.15, 0.2) is 0 Å². The van der Waals surface area contributed by atoms with Crippen molar-refractivity contribution in [2.45, 2.75) is 51.7 Å². The molecule has 0 amide bonds. The van der Waals surface area contributed by atoms with Crippen LogP contribution in [0.15, 0.2) is 10.7 Å². The van der Waals surface area contributed by atoms with Crippen molar-refractivity contribution in [1.29, 1.82) is 0 Å². The van der Waals surface area contributed by atoms with Crippen LogP contribution in [0.2, 0.25) is 0 Å². The lowest BCUT2D eigenvalue weighted by atomic mass is 10.0. The predicted molar refractivity (Wildman–Crippen MR) is 74.1 cm³/mol. The van der Waals surface area contributed by atoms with Gasteiger partial charge in [0.2, 0.25) is 0 Å². The van der Waals surface area contributed by atoms with Gasteiger partial charge in [0, 0.05) is 6.54 Å². The number of fused-ring (bicyclic) bond motifs is 1. The molecule has 3 rings (SSSR count). The summed E-state index contributed by atoms with van der Waals surface area (Å²) in [6.07, 6.45) is 7.85. The van der Waals surface area contributed by atoms with Gasteiger partial charge in [-0.1, -0.05) is 19.8 Å². The van der Waals surface area contributed by atoms with E-state index in [2.05, 4.69) is 28.0 Å². The van der Waals surface area contributed by atoms with E-state index in [0.717, 1.165) is 35.0 Å². The second-order valence-electron chi connectivity index (χ2n) is 5.74. The minimum Gasteiger partial charge on any atom is -0.386 e. The number of rotatable bonds is 4. The molecule has 4 heteroatoms. The zero-order chi connectivity index (χ0) is 12.7. The van der Waals surface area contributed by atoms with Crippen molar-refractivity contribution in [3.8, 4) is 0 Å². The van der Waals surface area contributed by atoms with E-state index in [0.29, 0.717) is 5.92 Å². The van der Waals surface area contributed by atoms with E-state index in [4.69, 9.17) is 0 Å². The molecule has 2 aliphatic rings. The largest absolute Gasteiger partial charge is 0.386 e. The average molecular weight is 313 g/mol. The fourth-order valence-electron chi connectivity index (χ4n) is 3.75. The molecule has 100 valence electrons. The summed E-state index contributed by atoms with van der Waals surface area (Å²) < 4.78 is 2.94. The molecule has 0 aromatic carbocycles. The molecule has 0 bridgehead atoms. The molecule has 0 radical (unpaired) electrons. The minimum absolute atomic E-state index is 0.332. The first-order chi connectivity index (χ1) is 8.74. The standard InChI is InChI=1S/C14H21BrN2O/c1-2-7-17-13(11(15)8-16-17)14(18)12-9-5-3-4-6-10(9)12/h8-10,12,14,18H,2-7H2,1H3. The van der Waals surface area contributed by atoms with Gasteiger partial charge in [-0.2, -0.15) is 5.10 Å². The highest BCUT2D eigenvalue weighted by molar-refractivity contribution is 9.10. The van der Waals surface area contributed by atoms with Gasteiger partial charge in [0.1, 0.15) is 6.10 Å². The Hall–Kier alpha value is -0.350. The number of aryl methyl sites for hydroxylation is 1. The molecular weight excluding hydrogens is 292 g/mol. The molecule has 1 aromatic heterocycles. The Morgan fingerprint density at radius 1 is 1.44 bits per heavy atom. The van der Waals surface area contributed by atoms with Crippen LogP contribution in [0.25, 0.3) is 0 Å². The molecule has 3 nitrogen and oxygen atoms in total. The fourth-order valence-corrected chi connectivity index (χ4v) is 4.29. The van der Waals surface area contributed by atoms with Crippen LogP contribution < -0.4 is 0 Å². The van der Waals surface area contributed by atoms with Crippen LogP contribution in [-0.4, -0.2) is 14.9 Å². The van der Waals surface area contributed by atoms with Crippen LogP contribution in [0.1, 0.15) is 50.8 Å². The van der Waals surface area contributed by atoms with Crippen LogP contribution in [0.3, 0.4) is 0 Å². The summed E-state index contributed by atoms with van der Waals surface area (Å²) in [5.74, 6) is 2.02. The lowest BCUT2D eigenvalue weighted by Gasteiger charge is -2.14. The molecular formula is C14H21BrN2O. The van der Waals surface area contributed by atoms with Crippen LogP contribution in [0, 0.1) is 17.8 Å². The lowest BCUT2D eigenvalue weighted by Crippen LogP contribution is -2.12. The molecule has 3 atom stereocenters. The summed E-state index contributed by atoms with van der Waals surface area (Å²) in [6, 6.07) is 0. The van der Waals surface area contributed by atoms with Crippen LogP contribution >= 0.6 is 15.9 Å². The fraction of sp³-hybridized carbons (Fsp3) is 0.786. The summed E-state index contributed by atoms with van der Waals surface area (Å²) >= 11 is 3.54.